The largest absolute Gasteiger partial charge is 0.314 e. The summed E-state index contributed by atoms with van der Waals surface area (Å²) in [4.78, 5) is 2.69. The highest BCUT2D eigenvalue weighted by Gasteiger charge is 2.25. The predicted octanol–water partition coefficient (Wildman–Crippen LogP) is 5.83. The highest BCUT2D eigenvalue weighted by molar-refractivity contribution is 6.09. The second kappa shape index (κ2) is 9.75. The average molecular weight is 405 g/mol. The van der Waals surface area contributed by atoms with Gasteiger partial charge in [0.25, 0.3) is 0 Å². The van der Waals surface area contributed by atoms with Gasteiger partial charge in [-0.25, -0.2) is 0 Å². The fourth-order valence-corrected chi connectivity index (χ4v) is 4.27. The summed E-state index contributed by atoms with van der Waals surface area (Å²) >= 11 is 0. The molecule has 1 aliphatic heterocycles. The van der Waals surface area contributed by atoms with Gasteiger partial charge in [0.1, 0.15) is 0 Å². The van der Waals surface area contributed by atoms with Gasteiger partial charge in [0.2, 0.25) is 0 Å². The molecule has 27 heavy (non-hydrogen) atoms. The lowest BCUT2D eigenvalue weighted by Crippen LogP contribution is -2.45. The number of benzene rings is 3. The van der Waals surface area contributed by atoms with Crippen LogP contribution in [0, 0.1) is 5.92 Å². The van der Waals surface area contributed by atoms with Gasteiger partial charge in [-0.2, -0.15) is 0 Å². The number of fused-ring (bicyclic) bond motifs is 3. The second-order valence-corrected chi connectivity index (χ2v) is 7.66. The first-order chi connectivity index (χ1) is 12.2. The molecule has 1 fully saturated rings. The van der Waals surface area contributed by atoms with E-state index in [-0.39, 0.29) is 24.8 Å². The molecule has 0 unspecified atom stereocenters. The maximum Gasteiger partial charge on any atom is 0.0358 e. The van der Waals surface area contributed by atoms with Crippen molar-refractivity contribution in [3.63, 3.8) is 0 Å². The quantitative estimate of drug-likeness (QED) is 0.550. The van der Waals surface area contributed by atoms with Crippen LogP contribution in [0.25, 0.3) is 21.5 Å². The van der Waals surface area contributed by atoms with E-state index in [2.05, 4.69) is 78.7 Å². The third kappa shape index (κ3) is 4.57. The van der Waals surface area contributed by atoms with Gasteiger partial charge in [-0.1, -0.05) is 62.4 Å². The van der Waals surface area contributed by atoms with Gasteiger partial charge < -0.3 is 5.32 Å². The van der Waals surface area contributed by atoms with Gasteiger partial charge in [0.15, 0.2) is 0 Å². The topological polar surface area (TPSA) is 15.3 Å². The Hall–Kier alpha value is -1.32. The molecule has 0 aromatic heterocycles. The molecule has 0 saturated carbocycles. The van der Waals surface area contributed by atoms with Crippen molar-refractivity contribution in [2.45, 2.75) is 26.3 Å². The van der Waals surface area contributed by atoms with Crippen molar-refractivity contribution in [2.24, 2.45) is 5.92 Å². The summed E-state index contributed by atoms with van der Waals surface area (Å²) in [7, 11) is 0. The lowest BCUT2D eigenvalue weighted by molar-refractivity contribution is 0.155. The molecule has 146 valence electrons. The van der Waals surface area contributed by atoms with E-state index < -0.39 is 0 Å². The van der Waals surface area contributed by atoms with Gasteiger partial charge in [-0.3, -0.25) is 4.90 Å². The van der Waals surface area contributed by atoms with Crippen molar-refractivity contribution in [2.75, 3.05) is 26.2 Å². The zero-order chi connectivity index (χ0) is 17.2. The Morgan fingerprint density at radius 3 is 2.11 bits per heavy atom. The molecule has 0 spiro atoms. The number of nitrogens with zero attached hydrogens (tertiary/aromatic N) is 1. The molecule has 4 heteroatoms. The van der Waals surface area contributed by atoms with Crippen molar-refractivity contribution in [1.29, 1.82) is 0 Å². The molecule has 1 atom stereocenters. The van der Waals surface area contributed by atoms with E-state index in [9.17, 15) is 0 Å². The summed E-state index contributed by atoms with van der Waals surface area (Å²) in [6.07, 6.45) is 1.21. The first-order valence-electron chi connectivity index (χ1n) is 9.59. The Morgan fingerprint density at radius 1 is 0.852 bits per heavy atom. The van der Waals surface area contributed by atoms with Crippen LogP contribution < -0.4 is 5.32 Å². The molecule has 1 aliphatic rings. The summed E-state index contributed by atoms with van der Waals surface area (Å²) in [5, 5.41) is 9.04. The zero-order valence-electron chi connectivity index (χ0n) is 16.2. The molecule has 1 heterocycles. The number of nitrogens with one attached hydrogen (secondary N) is 1. The minimum absolute atomic E-state index is 0. The lowest BCUT2D eigenvalue weighted by Gasteiger charge is -2.37. The van der Waals surface area contributed by atoms with Crippen molar-refractivity contribution >= 4 is 46.4 Å². The van der Waals surface area contributed by atoms with E-state index in [0.29, 0.717) is 12.0 Å². The van der Waals surface area contributed by atoms with Crippen LogP contribution in [0.3, 0.4) is 0 Å². The Balaban J connectivity index is 0.00000131. The molecule has 2 nitrogen and oxygen atoms in total. The van der Waals surface area contributed by atoms with Crippen LogP contribution in [0.1, 0.15) is 31.9 Å². The smallest absolute Gasteiger partial charge is 0.0358 e. The monoisotopic (exact) mass is 404 g/mol. The molecule has 4 rings (SSSR count). The number of hydrogen-bond donors (Lipinski definition) is 1. The fraction of sp³-hybridized carbons (Fsp3) is 0.391. The van der Waals surface area contributed by atoms with Crippen molar-refractivity contribution < 1.29 is 0 Å². The Bertz CT molecular complexity index is 873. The summed E-state index contributed by atoms with van der Waals surface area (Å²) in [5.74, 6) is 0.685. The zero-order valence-corrected chi connectivity index (χ0v) is 17.8. The van der Waals surface area contributed by atoms with E-state index in [4.69, 9.17) is 0 Å². The molecule has 1 N–H and O–H groups in total. The average Bonchev–Trinajstić information content (AvgIpc) is 2.66. The van der Waals surface area contributed by atoms with Crippen molar-refractivity contribution in [3.8, 4) is 0 Å². The highest BCUT2D eigenvalue weighted by atomic mass is 35.5. The normalized spacial score (nSPS) is 16.1. The molecule has 1 saturated heterocycles. The summed E-state index contributed by atoms with van der Waals surface area (Å²) in [6, 6.07) is 20.7. The number of halogens is 2. The Morgan fingerprint density at radius 2 is 1.44 bits per heavy atom. The van der Waals surface area contributed by atoms with Crippen LogP contribution >= 0.6 is 24.8 Å². The number of rotatable bonds is 4. The molecular weight excluding hydrogens is 375 g/mol. The standard InChI is InChI=1S/C23H28N2.2ClH/c1-17(2)15-23(25-13-11-24-12-14-25)22-16-18-7-3-4-8-19(18)20-9-5-6-10-21(20)22;;/h3-10,16-17,23-24H,11-15H2,1-2H3;2*1H/t23-;;/m0../s1. The molecule has 0 amide bonds. The molecular formula is C23H30Cl2N2. The predicted molar refractivity (Wildman–Crippen MR) is 123 cm³/mol. The minimum atomic E-state index is 0. The van der Waals surface area contributed by atoms with Crippen LogP contribution in [-0.4, -0.2) is 31.1 Å². The van der Waals surface area contributed by atoms with Gasteiger partial charge >= 0.3 is 0 Å². The van der Waals surface area contributed by atoms with Crippen LogP contribution in [0.5, 0.6) is 0 Å². The summed E-state index contributed by atoms with van der Waals surface area (Å²) < 4.78 is 0. The van der Waals surface area contributed by atoms with E-state index >= 15 is 0 Å². The van der Waals surface area contributed by atoms with Crippen LogP contribution in [0.15, 0.2) is 54.6 Å². The van der Waals surface area contributed by atoms with E-state index in [1.807, 2.05) is 0 Å². The highest BCUT2D eigenvalue weighted by Crippen LogP contribution is 2.37. The van der Waals surface area contributed by atoms with Gasteiger partial charge in [0.05, 0.1) is 0 Å². The van der Waals surface area contributed by atoms with Crippen LogP contribution in [-0.2, 0) is 0 Å². The van der Waals surface area contributed by atoms with Gasteiger partial charge in [0, 0.05) is 32.2 Å². The molecule has 0 aliphatic carbocycles. The van der Waals surface area contributed by atoms with E-state index in [0.717, 1.165) is 26.2 Å². The molecule has 0 bridgehead atoms. The van der Waals surface area contributed by atoms with E-state index in [1.54, 1.807) is 0 Å². The number of hydrogen-bond acceptors (Lipinski definition) is 2. The Labute approximate surface area is 175 Å². The summed E-state index contributed by atoms with van der Waals surface area (Å²) in [6.45, 7) is 9.16. The van der Waals surface area contributed by atoms with Crippen LogP contribution in [0.4, 0.5) is 0 Å². The number of piperazine rings is 1. The molecule has 3 aromatic rings. The maximum absolute atomic E-state index is 3.50. The lowest BCUT2D eigenvalue weighted by atomic mass is 9.88. The third-order valence-electron chi connectivity index (χ3n) is 5.45. The maximum atomic E-state index is 3.50. The van der Waals surface area contributed by atoms with Crippen molar-refractivity contribution in [3.05, 3.63) is 60.2 Å². The fourth-order valence-electron chi connectivity index (χ4n) is 4.27. The minimum Gasteiger partial charge on any atom is -0.314 e. The third-order valence-corrected chi connectivity index (χ3v) is 5.45. The second-order valence-electron chi connectivity index (χ2n) is 7.66. The van der Waals surface area contributed by atoms with Gasteiger partial charge in [-0.15, -0.1) is 24.8 Å². The first-order valence-corrected chi connectivity index (χ1v) is 9.59. The van der Waals surface area contributed by atoms with E-state index in [1.165, 1.54) is 33.5 Å². The molecule has 0 radical (unpaired) electrons. The SMILES string of the molecule is CC(C)C[C@@H](c1cc2ccccc2c2ccccc12)N1CCNCC1.Cl.Cl. The molecule has 3 aromatic carbocycles. The Kier molecular flexibility index (Phi) is 7.93. The van der Waals surface area contributed by atoms with Gasteiger partial charge in [-0.05, 0) is 45.5 Å². The van der Waals surface area contributed by atoms with Crippen molar-refractivity contribution in [1.82, 2.24) is 10.2 Å². The van der Waals surface area contributed by atoms with Crippen LogP contribution in [0.2, 0.25) is 0 Å². The first kappa shape index (κ1) is 22.0. The summed E-state index contributed by atoms with van der Waals surface area (Å²) in [5.41, 5.74) is 1.50.